The molecule has 3 aromatic rings. The third kappa shape index (κ3) is 4.46. The lowest BCUT2D eigenvalue weighted by Crippen LogP contribution is -2.23. The molecule has 1 aliphatic carbocycles. The van der Waals surface area contributed by atoms with Crippen molar-refractivity contribution in [3.05, 3.63) is 42.2 Å². The molecule has 0 amide bonds. The lowest BCUT2D eigenvalue weighted by atomic mass is 9.89. The molecule has 4 rings (SSSR count). The summed E-state index contributed by atoms with van der Waals surface area (Å²) in [6.45, 7) is 5.87. The maximum absolute atomic E-state index is 12.1. The van der Waals surface area contributed by atoms with Gasteiger partial charge in [-0.05, 0) is 81.3 Å². The predicted molar refractivity (Wildman–Crippen MR) is 121 cm³/mol. The van der Waals surface area contributed by atoms with E-state index >= 15 is 0 Å². The molecule has 0 bridgehead atoms. The molecular weight excluding hydrogens is 398 g/mol. The number of pyridine rings is 1. The average molecular weight is 428 g/mol. The highest BCUT2D eigenvalue weighted by molar-refractivity contribution is 7.92. The molecule has 2 N–H and O–H groups in total. The van der Waals surface area contributed by atoms with Crippen molar-refractivity contribution in [2.24, 2.45) is 5.92 Å². The van der Waals surface area contributed by atoms with Gasteiger partial charge in [0.15, 0.2) is 0 Å². The van der Waals surface area contributed by atoms with Crippen LogP contribution in [0.1, 0.15) is 45.2 Å². The molecule has 6 nitrogen and oxygen atoms in total. The SMILES string of the molecule is CCS(=O)(=O)Nc1ccc(O[C@H]2CC[C@H](C)CC2)c(-c2cc(C)nc3[nH]ccc23)c1. The van der Waals surface area contributed by atoms with E-state index in [2.05, 4.69) is 21.6 Å². The van der Waals surface area contributed by atoms with Crippen molar-refractivity contribution in [3.63, 3.8) is 0 Å². The minimum atomic E-state index is -3.37. The third-order valence-corrected chi connectivity index (χ3v) is 7.14. The van der Waals surface area contributed by atoms with Crippen LogP contribution in [-0.2, 0) is 10.0 Å². The molecule has 160 valence electrons. The van der Waals surface area contributed by atoms with Crippen molar-refractivity contribution in [1.29, 1.82) is 0 Å². The summed E-state index contributed by atoms with van der Waals surface area (Å²) in [4.78, 5) is 7.74. The van der Waals surface area contributed by atoms with Gasteiger partial charge in [0.2, 0.25) is 10.0 Å². The van der Waals surface area contributed by atoms with Crippen molar-refractivity contribution < 1.29 is 13.2 Å². The molecule has 0 atom stereocenters. The van der Waals surface area contributed by atoms with E-state index in [1.807, 2.05) is 37.4 Å². The molecule has 2 aromatic heterocycles. The van der Waals surface area contributed by atoms with Crippen molar-refractivity contribution in [2.45, 2.75) is 52.6 Å². The minimum absolute atomic E-state index is 0.0251. The predicted octanol–water partition coefficient (Wildman–Crippen LogP) is 5.26. The van der Waals surface area contributed by atoms with Crippen LogP contribution in [0, 0.1) is 12.8 Å². The van der Waals surface area contributed by atoms with Gasteiger partial charge in [0.05, 0.1) is 11.9 Å². The number of fused-ring (bicyclic) bond motifs is 1. The fourth-order valence-corrected chi connectivity index (χ4v) is 4.70. The number of nitrogens with one attached hydrogen (secondary N) is 2. The highest BCUT2D eigenvalue weighted by atomic mass is 32.2. The normalized spacial score (nSPS) is 19.7. The van der Waals surface area contributed by atoms with Crippen LogP contribution in [0.4, 0.5) is 5.69 Å². The van der Waals surface area contributed by atoms with Gasteiger partial charge >= 0.3 is 0 Å². The first kappa shape index (κ1) is 20.7. The molecule has 7 heteroatoms. The first-order chi connectivity index (χ1) is 14.3. The molecule has 1 fully saturated rings. The Balaban J connectivity index is 1.78. The molecule has 0 radical (unpaired) electrons. The fraction of sp³-hybridized carbons (Fsp3) is 0.435. The summed E-state index contributed by atoms with van der Waals surface area (Å²) in [5.41, 5.74) is 4.09. The number of aryl methyl sites for hydroxylation is 1. The number of nitrogens with zero attached hydrogens (tertiary/aromatic N) is 1. The topological polar surface area (TPSA) is 84.1 Å². The number of benzene rings is 1. The monoisotopic (exact) mass is 427 g/mol. The molecule has 1 aliphatic rings. The largest absolute Gasteiger partial charge is 0.490 e. The summed E-state index contributed by atoms with van der Waals surface area (Å²) in [5.74, 6) is 1.55. The van der Waals surface area contributed by atoms with Gasteiger partial charge in [0.25, 0.3) is 0 Å². The number of anilines is 1. The number of H-pyrrole nitrogens is 1. The maximum Gasteiger partial charge on any atom is 0.232 e. The molecular formula is C23H29N3O3S. The highest BCUT2D eigenvalue weighted by Gasteiger charge is 2.22. The van der Waals surface area contributed by atoms with Crippen LogP contribution in [0.2, 0.25) is 0 Å². The summed E-state index contributed by atoms with van der Waals surface area (Å²) in [6, 6.07) is 9.55. The number of aromatic nitrogens is 2. The van der Waals surface area contributed by atoms with Crippen LogP contribution >= 0.6 is 0 Å². The van der Waals surface area contributed by atoms with Crippen molar-refractivity contribution in [1.82, 2.24) is 9.97 Å². The molecule has 30 heavy (non-hydrogen) atoms. The second kappa shape index (κ2) is 8.30. The van der Waals surface area contributed by atoms with Gasteiger partial charge in [-0.15, -0.1) is 0 Å². The van der Waals surface area contributed by atoms with E-state index in [1.165, 1.54) is 12.8 Å². The number of ether oxygens (including phenoxy) is 1. The van der Waals surface area contributed by atoms with Crippen LogP contribution in [0.3, 0.4) is 0 Å². The van der Waals surface area contributed by atoms with Crippen LogP contribution < -0.4 is 9.46 Å². The Hall–Kier alpha value is -2.54. The number of hydrogen-bond acceptors (Lipinski definition) is 4. The minimum Gasteiger partial charge on any atom is -0.490 e. The quantitative estimate of drug-likeness (QED) is 0.562. The second-order valence-electron chi connectivity index (χ2n) is 8.27. The van der Waals surface area contributed by atoms with Gasteiger partial charge in [-0.3, -0.25) is 4.72 Å². The van der Waals surface area contributed by atoms with Gasteiger partial charge < -0.3 is 9.72 Å². The van der Waals surface area contributed by atoms with E-state index in [0.717, 1.165) is 52.4 Å². The van der Waals surface area contributed by atoms with Crippen LogP contribution in [0.5, 0.6) is 5.75 Å². The molecule has 0 saturated heterocycles. The van der Waals surface area contributed by atoms with Gasteiger partial charge in [-0.1, -0.05) is 6.92 Å². The number of aromatic amines is 1. The zero-order chi connectivity index (χ0) is 21.3. The van der Waals surface area contributed by atoms with Crippen LogP contribution in [0.25, 0.3) is 22.2 Å². The van der Waals surface area contributed by atoms with E-state index in [4.69, 9.17) is 4.74 Å². The lowest BCUT2D eigenvalue weighted by Gasteiger charge is -2.28. The van der Waals surface area contributed by atoms with Gasteiger partial charge in [-0.2, -0.15) is 0 Å². The molecule has 0 unspecified atom stereocenters. The van der Waals surface area contributed by atoms with Crippen LogP contribution in [-0.4, -0.2) is 30.2 Å². The summed E-state index contributed by atoms with van der Waals surface area (Å²) in [7, 11) is -3.37. The van der Waals surface area contributed by atoms with E-state index in [0.29, 0.717) is 5.69 Å². The summed E-state index contributed by atoms with van der Waals surface area (Å²) in [6.07, 6.45) is 6.48. The number of hydrogen-bond donors (Lipinski definition) is 2. The van der Waals surface area contributed by atoms with E-state index in [1.54, 1.807) is 13.0 Å². The Morgan fingerprint density at radius 3 is 2.63 bits per heavy atom. The van der Waals surface area contributed by atoms with Crippen molar-refractivity contribution in [3.8, 4) is 16.9 Å². The van der Waals surface area contributed by atoms with E-state index in [9.17, 15) is 8.42 Å². The standard InChI is InChI=1S/C23H29N3O3S/c1-4-30(27,28)26-17-7-10-22(29-18-8-5-15(2)6-9-18)21(14-17)20-13-16(3)25-23-19(20)11-12-24-23/h7,10-15,18,26H,4-6,8-9H2,1-3H3,(H,24,25)/t15-,18-. The molecule has 1 saturated carbocycles. The summed E-state index contributed by atoms with van der Waals surface area (Å²) in [5, 5.41) is 0.984. The van der Waals surface area contributed by atoms with E-state index in [-0.39, 0.29) is 11.9 Å². The summed E-state index contributed by atoms with van der Waals surface area (Å²) >= 11 is 0. The lowest BCUT2D eigenvalue weighted by molar-refractivity contribution is 0.136. The van der Waals surface area contributed by atoms with E-state index < -0.39 is 10.0 Å². The average Bonchev–Trinajstić information content (AvgIpc) is 3.18. The molecule has 0 spiro atoms. The smallest absolute Gasteiger partial charge is 0.232 e. The summed E-state index contributed by atoms with van der Waals surface area (Å²) < 4.78 is 33.4. The molecule has 0 aliphatic heterocycles. The zero-order valence-electron chi connectivity index (χ0n) is 17.7. The van der Waals surface area contributed by atoms with Crippen LogP contribution in [0.15, 0.2) is 36.5 Å². The Morgan fingerprint density at radius 1 is 1.13 bits per heavy atom. The highest BCUT2D eigenvalue weighted by Crippen LogP contribution is 2.39. The Morgan fingerprint density at radius 2 is 1.90 bits per heavy atom. The first-order valence-corrected chi connectivity index (χ1v) is 12.3. The van der Waals surface area contributed by atoms with Crippen molar-refractivity contribution in [2.75, 3.05) is 10.5 Å². The first-order valence-electron chi connectivity index (χ1n) is 10.6. The zero-order valence-corrected chi connectivity index (χ0v) is 18.6. The Labute approximate surface area is 178 Å². The number of sulfonamides is 1. The Kier molecular flexibility index (Phi) is 5.73. The maximum atomic E-state index is 12.1. The van der Waals surface area contributed by atoms with Gasteiger partial charge in [0.1, 0.15) is 11.4 Å². The van der Waals surface area contributed by atoms with Gasteiger partial charge in [-0.25, -0.2) is 13.4 Å². The fourth-order valence-electron chi connectivity index (χ4n) is 4.07. The number of rotatable bonds is 6. The molecule has 2 heterocycles. The third-order valence-electron chi connectivity index (χ3n) is 5.84. The molecule has 1 aromatic carbocycles. The van der Waals surface area contributed by atoms with Crippen molar-refractivity contribution >= 4 is 26.7 Å². The Bertz CT molecular complexity index is 1150. The van der Waals surface area contributed by atoms with Gasteiger partial charge in [0, 0.05) is 28.5 Å². The second-order valence-corrected chi connectivity index (χ2v) is 10.3.